The maximum Gasteiger partial charge on any atom is 0.233 e. The highest BCUT2D eigenvalue weighted by atomic mass is 32.2. The topological polar surface area (TPSA) is 64.1 Å². The third kappa shape index (κ3) is 4.31. The van der Waals surface area contributed by atoms with Crippen LogP contribution in [0.1, 0.15) is 19.8 Å². The van der Waals surface area contributed by atoms with E-state index in [0.29, 0.717) is 12.4 Å². The van der Waals surface area contributed by atoms with E-state index in [-0.39, 0.29) is 17.3 Å². The van der Waals surface area contributed by atoms with Gasteiger partial charge in [0, 0.05) is 18.5 Å². The summed E-state index contributed by atoms with van der Waals surface area (Å²) in [5.41, 5.74) is 0.894. The van der Waals surface area contributed by atoms with Crippen molar-refractivity contribution in [2.45, 2.75) is 36.1 Å². The molecular formula is C20H21N3O2S2. The molecule has 1 saturated heterocycles. The molecule has 3 heterocycles. The Bertz CT molecular complexity index is 924. The highest BCUT2D eigenvalue weighted by molar-refractivity contribution is 8.00. The molecule has 3 aromatic rings. The van der Waals surface area contributed by atoms with Crippen LogP contribution < -0.4 is 5.32 Å². The third-order valence-electron chi connectivity index (χ3n) is 4.50. The number of hydrogen-bond acceptors (Lipinski definition) is 6. The van der Waals surface area contributed by atoms with Gasteiger partial charge in [0.25, 0.3) is 0 Å². The van der Waals surface area contributed by atoms with Gasteiger partial charge in [-0.2, -0.15) is 0 Å². The summed E-state index contributed by atoms with van der Waals surface area (Å²) >= 11 is 3.09. The van der Waals surface area contributed by atoms with Crippen LogP contribution in [0.5, 0.6) is 0 Å². The maximum atomic E-state index is 12.5. The highest BCUT2D eigenvalue weighted by Crippen LogP contribution is 2.32. The second-order valence-corrected chi connectivity index (χ2v) is 8.76. The molecule has 5 nitrogen and oxygen atoms in total. The van der Waals surface area contributed by atoms with E-state index in [9.17, 15) is 4.79 Å². The Morgan fingerprint density at radius 3 is 3.00 bits per heavy atom. The van der Waals surface area contributed by atoms with E-state index in [2.05, 4.69) is 10.3 Å². The molecule has 1 fully saturated rings. The van der Waals surface area contributed by atoms with Crippen molar-refractivity contribution in [3.05, 3.63) is 41.8 Å². The SMILES string of the molecule is CC(Sc1nc(-c2cccs2)nc2ccccc12)C(=O)NCC1CCCO1. The van der Waals surface area contributed by atoms with Crippen molar-refractivity contribution < 1.29 is 9.53 Å². The average Bonchev–Trinajstić information content (AvgIpc) is 3.39. The van der Waals surface area contributed by atoms with Crippen molar-refractivity contribution >= 4 is 39.9 Å². The predicted molar refractivity (Wildman–Crippen MR) is 110 cm³/mol. The van der Waals surface area contributed by atoms with Crippen molar-refractivity contribution in [2.75, 3.05) is 13.2 Å². The molecule has 2 unspecified atom stereocenters. The van der Waals surface area contributed by atoms with Crippen LogP contribution in [0.15, 0.2) is 46.8 Å². The van der Waals surface area contributed by atoms with E-state index < -0.39 is 0 Å². The Hall–Kier alpha value is -1.96. The molecule has 1 amide bonds. The van der Waals surface area contributed by atoms with Crippen LogP contribution in [0.3, 0.4) is 0 Å². The monoisotopic (exact) mass is 399 g/mol. The molecule has 1 aliphatic rings. The number of nitrogens with one attached hydrogen (secondary N) is 1. The molecule has 0 spiro atoms. The molecule has 2 aromatic heterocycles. The fourth-order valence-corrected chi connectivity index (χ4v) is 4.66. The quantitative estimate of drug-likeness (QED) is 0.499. The molecule has 0 saturated carbocycles. The summed E-state index contributed by atoms with van der Waals surface area (Å²) in [6, 6.07) is 11.9. The van der Waals surface area contributed by atoms with E-state index >= 15 is 0 Å². The fourth-order valence-electron chi connectivity index (χ4n) is 3.04. The molecule has 7 heteroatoms. The minimum absolute atomic E-state index is 0.0101. The highest BCUT2D eigenvalue weighted by Gasteiger charge is 2.21. The van der Waals surface area contributed by atoms with Crippen LogP contribution in [0.2, 0.25) is 0 Å². The standard InChI is InChI=1S/C20H21N3O2S2/c1-13(19(24)21-12-14-6-4-10-25-14)27-20-15-7-2-3-8-16(15)22-18(23-20)17-9-5-11-26-17/h2-3,5,7-9,11,13-14H,4,6,10,12H2,1H3,(H,21,24). The van der Waals surface area contributed by atoms with Gasteiger partial charge in [-0.05, 0) is 37.3 Å². The van der Waals surface area contributed by atoms with Crippen molar-refractivity contribution in [3.8, 4) is 10.7 Å². The van der Waals surface area contributed by atoms with Crippen molar-refractivity contribution in [1.29, 1.82) is 0 Å². The maximum absolute atomic E-state index is 12.5. The van der Waals surface area contributed by atoms with E-state index in [1.54, 1.807) is 11.3 Å². The zero-order chi connectivity index (χ0) is 18.6. The lowest BCUT2D eigenvalue weighted by Gasteiger charge is -2.15. The second-order valence-electron chi connectivity index (χ2n) is 6.49. The molecular weight excluding hydrogens is 378 g/mol. The molecule has 1 N–H and O–H groups in total. The summed E-state index contributed by atoms with van der Waals surface area (Å²) in [7, 11) is 0. The smallest absolute Gasteiger partial charge is 0.233 e. The molecule has 1 aliphatic heterocycles. The average molecular weight is 400 g/mol. The second kappa shape index (κ2) is 8.37. The Morgan fingerprint density at radius 2 is 2.22 bits per heavy atom. The summed E-state index contributed by atoms with van der Waals surface area (Å²) in [5, 5.41) is 6.59. The van der Waals surface area contributed by atoms with Gasteiger partial charge in [-0.25, -0.2) is 9.97 Å². The van der Waals surface area contributed by atoms with E-state index in [0.717, 1.165) is 40.3 Å². The van der Waals surface area contributed by atoms with Gasteiger partial charge in [0.1, 0.15) is 5.03 Å². The number of thioether (sulfide) groups is 1. The number of nitrogens with zero attached hydrogens (tertiary/aromatic N) is 2. The lowest BCUT2D eigenvalue weighted by atomic mass is 10.2. The minimum Gasteiger partial charge on any atom is -0.376 e. The van der Waals surface area contributed by atoms with Gasteiger partial charge in [-0.15, -0.1) is 11.3 Å². The van der Waals surface area contributed by atoms with Crippen LogP contribution in [0.4, 0.5) is 0 Å². The number of carbonyl (C=O) groups is 1. The first-order valence-corrected chi connectivity index (χ1v) is 10.8. The summed E-state index contributed by atoms with van der Waals surface area (Å²) < 4.78 is 5.58. The van der Waals surface area contributed by atoms with Crippen molar-refractivity contribution in [2.24, 2.45) is 0 Å². The summed E-state index contributed by atoms with van der Waals surface area (Å²) in [6.45, 7) is 3.29. The number of fused-ring (bicyclic) bond motifs is 1. The first kappa shape index (κ1) is 18.4. The summed E-state index contributed by atoms with van der Waals surface area (Å²) in [4.78, 5) is 23.0. The number of carbonyl (C=O) groups excluding carboxylic acids is 1. The normalized spacial score (nSPS) is 17.9. The first-order chi connectivity index (χ1) is 13.2. The Morgan fingerprint density at radius 1 is 1.33 bits per heavy atom. The number of hydrogen-bond donors (Lipinski definition) is 1. The van der Waals surface area contributed by atoms with Crippen molar-refractivity contribution in [1.82, 2.24) is 15.3 Å². The Kier molecular flexibility index (Phi) is 5.71. The van der Waals surface area contributed by atoms with Crippen LogP contribution in [-0.4, -0.2) is 40.4 Å². The molecule has 0 radical (unpaired) electrons. The predicted octanol–water partition coefficient (Wildman–Crippen LogP) is 4.13. The number of rotatable bonds is 6. The largest absolute Gasteiger partial charge is 0.376 e. The molecule has 0 bridgehead atoms. The van der Waals surface area contributed by atoms with Gasteiger partial charge >= 0.3 is 0 Å². The van der Waals surface area contributed by atoms with E-state index in [4.69, 9.17) is 9.72 Å². The lowest BCUT2D eigenvalue weighted by Crippen LogP contribution is -2.36. The molecule has 4 rings (SSSR count). The third-order valence-corrected chi connectivity index (χ3v) is 6.46. The van der Waals surface area contributed by atoms with Crippen molar-refractivity contribution in [3.63, 3.8) is 0 Å². The Labute approximate surface area is 166 Å². The van der Waals surface area contributed by atoms with Crippen LogP contribution >= 0.6 is 23.1 Å². The number of amides is 1. The van der Waals surface area contributed by atoms with Gasteiger partial charge in [-0.3, -0.25) is 4.79 Å². The molecule has 0 aliphatic carbocycles. The van der Waals surface area contributed by atoms with E-state index in [1.165, 1.54) is 11.8 Å². The molecule has 27 heavy (non-hydrogen) atoms. The zero-order valence-corrected chi connectivity index (χ0v) is 16.7. The summed E-state index contributed by atoms with van der Waals surface area (Å²) in [6.07, 6.45) is 2.24. The lowest BCUT2D eigenvalue weighted by molar-refractivity contribution is -0.120. The first-order valence-electron chi connectivity index (χ1n) is 9.07. The van der Waals surface area contributed by atoms with Gasteiger partial charge in [0.2, 0.25) is 5.91 Å². The summed E-state index contributed by atoms with van der Waals surface area (Å²) in [5.74, 6) is 0.717. The Balaban J connectivity index is 1.54. The number of para-hydroxylation sites is 1. The van der Waals surface area contributed by atoms with Crippen LogP contribution in [0, 0.1) is 0 Å². The fraction of sp³-hybridized carbons (Fsp3) is 0.350. The zero-order valence-electron chi connectivity index (χ0n) is 15.1. The van der Waals surface area contributed by atoms with E-state index in [1.807, 2.05) is 48.7 Å². The van der Waals surface area contributed by atoms with Gasteiger partial charge in [0.15, 0.2) is 5.82 Å². The number of aromatic nitrogens is 2. The minimum atomic E-state index is -0.249. The molecule has 2 atom stereocenters. The van der Waals surface area contributed by atoms with Gasteiger partial charge in [-0.1, -0.05) is 36.0 Å². The van der Waals surface area contributed by atoms with Crippen LogP contribution in [0.25, 0.3) is 21.6 Å². The van der Waals surface area contributed by atoms with Gasteiger partial charge in [0.05, 0.1) is 21.7 Å². The number of benzene rings is 1. The van der Waals surface area contributed by atoms with Gasteiger partial charge < -0.3 is 10.1 Å². The van der Waals surface area contributed by atoms with Crippen LogP contribution in [-0.2, 0) is 9.53 Å². The molecule has 1 aromatic carbocycles. The molecule has 140 valence electrons. The number of thiophene rings is 1. The number of ether oxygens (including phenoxy) is 1.